The summed E-state index contributed by atoms with van der Waals surface area (Å²) in [6.45, 7) is 5.54. The number of hydrogen-bond acceptors (Lipinski definition) is 4. The van der Waals surface area contributed by atoms with Crippen LogP contribution in [0.5, 0.6) is 0 Å². The lowest BCUT2D eigenvalue weighted by atomic mass is 10.0. The minimum atomic E-state index is 0.122. The second-order valence-corrected chi connectivity index (χ2v) is 5.16. The number of carbonyl (C=O) groups excluding carboxylic acids is 1. The van der Waals surface area contributed by atoms with Crippen molar-refractivity contribution in [2.45, 2.75) is 52.0 Å². The van der Waals surface area contributed by atoms with Crippen LogP contribution in [0.4, 0.5) is 0 Å². The Labute approximate surface area is 114 Å². The molecule has 2 heterocycles. The molecule has 0 spiro atoms. The van der Waals surface area contributed by atoms with Crippen LogP contribution in [0.1, 0.15) is 43.7 Å². The Kier molecular flexibility index (Phi) is 4.58. The number of aryl methyl sites for hydroxylation is 2. The van der Waals surface area contributed by atoms with Gasteiger partial charge in [-0.15, -0.1) is 0 Å². The van der Waals surface area contributed by atoms with Gasteiger partial charge in [0.05, 0.1) is 12.1 Å². The van der Waals surface area contributed by atoms with Crippen LogP contribution in [0.2, 0.25) is 0 Å². The van der Waals surface area contributed by atoms with E-state index in [2.05, 4.69) is 5.16 Å². The van der Waals surface area contributed by atoms with Gasteiger partial charge < -0.3 is 15.2 Å². The van der Waals surface area contributed by atoms with Gasteiger partial charge in [-0.25, -0.2) is 0 Å². The van der Waals surface area contributed by atoms with E-state index in [1.807, 2.05) is 18.7 Å². The Morgan fingerprint density at radius 3 is 2.89 bits per heavy atom. The Morgan fingerprint density at radius 2 is 2.26 bits per heavy atom. The lowest BCUT2D eigenvalue weighted by molar-refractivity contribution is -0.131. The predicted molar refractivity (Wildman–Crippen MR) is 72.8 cm³/mol. The number of aromatic nitrogens is 1. The van der Waals surface area contributed by atoms with Crippen molar-refractivity contribution in [2.75, 3.05) is 13.1 Å². The standard InChI is InChI=1S/C14H23N3O2/c1-3-12-11(13(4-2)19-16-12)8-14(18)17-7-5-6-10(15)9-17/h10H,3-9,15H2,1-2H3. The Hall–Kier alpha value is -1.36. The molecule has 2 rings (SSSR count). The minimum Gasteiger partial charge on any atom is -0.361 e. The van der Waals surface area contributed by atoms with E-state index < -0.39 is 0 Å². The van der Waals surface area contributed by atoms with Gasteiger partial charge in [0.25, 0.3) is 0 Å². The van der Waals surface area contributed by atoms with Crippen molar-refractivity contribution in [1.29, 1.82) is 0 Å². The van der Waals surface area contributed by atoms with E-state index in [1.165, 1.54) is 0 Å². The molecule has 1 fully saturated rings. The molecule has 19 heavy (non-hydrogen) atoms. The SMILES string of the molecule is CCc1noc(CC)c1CC(=O)N1CCCC(N)C1. The number of nitrogens with zero attached hydrogens (tertiary/aromatic N) is 2. The summed E-state index contributed by atoms with van der Waals surface area (Å²) >= 11 is 0. The number of rotatable bonds is 4. The largest absolute Gasteiger partial charge is 0.361 e. The smallest absolute Gasteiger partial charge is 0.227 e. The zero-order chi connectivity index (χ0) is 13.8. The summed E-state index contributed by atoms with van der Waals surface area (Å²) in [5.74, 6) is 0.981. The number of hydrogen-bond donors (Lipinski definition) is 1. The normalized spacial score (nSPS) is 19.7. The van der Waals surface area contributed by atoms with E-state index in [4.69, 9.17) is 10.3 Å². The monoisotopic (exact) mass is 265 g/mol. The van der Waals surface area contributed by atoms with Crippen molar-refractivity contribution in [3.63, 3.8) is 0 Å². The van der Waals surface area contributed by atoms with E-state index in [9.17, 15) is 4.79 Å². The molecule has 1 aromatic rings. The Bertz CT molecular complexity index is 420. The average Bonchev–Trinajstić information content (AvgIpc) is 2.80. The molecule has 1 aliphatic rings. The molecule has 1 unspecified atom stereocenters. The lowest BCUT2D eigenvalue weighted by Crippen LogP contribution is -2.46. The predicted octanol–water partition coefficient (Wildman–Crippen LogP) is 1.29. The molecule has 1 aromatic heterocycles. The number of carbonyl (C=O) groups is 1. The summed E-state index contributed by atoms with van der Waals surface area (Å²) in [5, 5.41) is 4.05. The number of amides is 1. The van der Waals surface area contributed by atoms with E-state index >= 15 is 0 Å². The zero-order valence-electron chi connectivity index (χ0n) is 11.8. The Morgan fingerprint density at radius 1 is 1.47 bits per heavy atom. The van der Waals surface area contributed by atoms with E-state index in [1.54, 1.807) is 0 Å². The fraction of sp³-hybridized carbons (Fsp3) is 0.714. The molecule has 1 saturated heterocycles. The van der Waals surface area contributed by atoms with Gasteiger partial charge in [0, 0.05) is 31.1 Å². The van der Waals surface area contributed by atoms with Gasteiger partial charge in [-0.2, -0.15) is 0 Å². The molecule has 0 radical (unpaired) electrons. The molecule has 0 aliphatic carbocycles. The number of likely N-dealkylation sites (tertiary alicyclic amines) is 1. The van der Waals surface area contributed by atoms with E-state index in [-0.39, 0.29) is 11.9 Å². The molecular weight excluding hydrogens is 242 g/mol. The molecule has 5 heteroatoms. The summed E-state index contributed by atoms with van der Waals surface area (Å²) < 4.78 is 5.30. The summed E-state index contributed by atoms with van der Waals surface area (Å²) in [4.78, 5) is 14.2. The van der Waals surface area contributed by atoms with Crippen molar-refractivity contribution in [3.8, 4) is 0 Å². The van der Waals surface area contributed by atoms with Crippen molar-refractivity contribution >= 4 is 5.91 Å². The van der Waals surface area contributed by atoms with Crippen molar-refractivity contribution in [1.82, 2.24) is 10.1 Å². The van der Waals surface area contributed by atoms with Gasteiger partial charge in [0.1, 0.15) is 5.76 Å². The molecule has 5 nitrogen and oxygen atoms in total. The highest BCUT2D eigenvalue weighted by atomic mass is 16.5. The van der Waals surface area contributed by atoms with Gasteiger partial charge in [-0.3, -0.25) is 4.79 Å². The molecule has 1 aliphatic heterocycles. The van der Waals surface area contributed by atoms with Gasteiger partial charge in [-0.05, 0) is 19.3 Å². The third kappa shape index (κ3) is 3.15. The van der Waals surface area contributed by atoms with Gasteiger partial charge in [-0.1, -0.05) is 19.0 Å². The first-order chi connectivity index (χ1) is 9.15. The van der Waals surface area contributed by atoms with Gasteiger partial charge >= 0.3 is 0 Å². The van der Waals surface area contributed by atoms with Crippen LogP contribution in [-0.4, -0.2) is 35.1 Å². The maximum absolute atomic E-state index is 12.3. The summed E-state index contributed by atoms with van der Waals surface area (Å²) in [6.07, 6.45) is 3.97. The zero-order valence-corrected chi connectivity index (χ0v) is 11.8. The van der Waals surface area contributed by atoms with Crippen molar-refractivity contribution < 1.29 is 9.32 Å². The van der Waals surface area contributed by atoms with E-state index in [0.717, 1.165) is 49.2 Å². The second-order valence-electron chi connectivity index (χ2n) is 5.16. The van der Waals surface area contributed by atoms with Crippen LogP contribution >= 0.6 is 0 Å². The van der Waals surface area contributed by atoms with Crippen LogP contribution in [0, 0.1) is 0 Å². The fourth-order valence-electron chi connectivity index (χ4n) is 2.64. The molecule has 1 amide bonds. The van der Waals surface area contributed by atoms with Crippen LogP contribution in [0.25, 0.3) is 0 Å². The fourth-order valence-corrected chi connectivity index (χ4v) is 2.64. The Balaban J connectivity index is 2.07. The lowest BCUT2D eigenvalue weighted by Gasteiger charge is -2.30. The first kappa shape index (κ1) is 14.1. The number of nitrogens with two attached hydrogens (primary N) is 1. The molecular formula is C14H23N3O2. The average molecular weight is 265 g/mol. The van der Waals surface area contributed by atoms with Crippen LogP contribution < -0.4 is 5.73 Å². The van der Waals surface area contributed by atoms with E-state index in [0.29, 0.717) is 13.0 Å². The van der Waals surface area contributed by atoms with Gasteiger partial charge in [0.2, 0.25) is 5.91 Å². The molecule has 106 valence electrons. The maximum Gasteiger partial charge on any atom is 0.227 e. The molecule has 2 N–H and O–H groups in total. The third-order valence-electron chi connectivity index (χ3n) is 3.75. The highest BCUT2D eigenvalue weighted by molar-refractivity contribution is 5.79. The maximum atomic E-state index is 12.3. The highest BCUT2D eigenvalue weighted by Crippen LogP contribution is 2.18. The summed E-state index contributed by atoms with van der Waals surface area (Å²) in [7, 11) is 0. The van der Waals surface area contributed by atoms with Crippen LogP contribution in [-0.2, 0) is 24.1 Å². The summed E-state index contributed by atoms with van der Waals surface area (Å²) in [6, 6.07) is 0.122. The topological polar surface area (TPSA) is 72.4 Å². The van der Waals surface area contributed by atoms with Crippen LogP contribution in [0.15, 0.2) is 4.52 Å². The summed E-state index contributed by atoms with van der Waals surface area (Å²) in [5.41, 5.74) is 7.81. The first-order valence-corrected chi connectivity index (χ1v) is 7.15. The second kappa shape index (κ2) is 6.19. The molecule has 0 bridgehead atoms. The van der Waals surface area contributed by atoms with Gasteiger partial charge in [0.15, 0.2) is 0 Å². The molecule has 0 aromatic carbocycles. The molecule has 1 atom stereocenters. The highest BCUT2D eigenvalue weighted by Gasteiger charge is 2.24. The first-order valence-electron chi connectivity index (χ1n) is 7.15. The molecule has 0 saturated carbocycles. The minimum absolute atomic E-state index is 0.122. The number of piperidine rings is 1. The van der Waals surface area contributed by atoms with Crippen molar-refractivity contribution in [2.24, 2.45) is 5.73 Å². The third-order valence-corrected chi connectivity index (χ3v) is 3.75. The van der Waals surface area contributed by atoms with Crippen LogP contribution in [0.3, 0.4) is 0 Å². The van der Waals surface area contributed by atoms with Crippen molar-refractivity contribution in [3.05, 3.63) is 17.0 Å². The quantitative estimate of drug-likeness (QED) is 0.890.